The van der Waals surface area contributed by atoms with Crippen molar-refractivity contribution in [3.05, 3.63) is 77.4 Å². The maximum Gasteiger partial charge on any atom is 0.313 e. The number of aliphatic hydroxyl groups excluding tert-OH is 1. The number of aryl methyl sites for hydroxylation is 2. The van der Waals surface area contributed by atoms with Crippen LogP contribution in [-0.2, 0) is 9.59 Å². The van der Waals surface area contributed by atoms with Crippen LogP contribution < -0.4 is 10.6 Å². The molecule has 0 aliphatic rings. The zero-order chi connectivity index (χ0) is 19.4. The lowest BCUT2D eigenvalue weighted by molar-refractivity contribution is -0.136. The molecule has 0 spiro atoms. The molecule has 5 heteroatoms. The second-order valence-electron chi connectivity index (χ2n) is 6.57. The van der Waals surface area contributed by atoms with Gasteiger partial charge >= 0.3 is 11.8 Å². The van der Waals surface area contributed by atoms with E-state index < -0.39 is 17.9 Å². The quantitative estimate of drug-likeness (QED) is 0.624. The molecule has 27 heavy (non-hydrogen) atoms. The molecule has 0 aliphatic carbocycles. The van der Waals surface area contributed by atoms with Crippen molar-refractivity contribution in [2.75, 3.05) is 11.9 Å². The first-order valence-corrected chi connectivity index (χ1v) is 8.78. The average Bonchev–Trinajstić information content (AvgIpc) is 2.68. The van der Waals surface area contributed by atoms with Crippen LogP contribution in [-0.4, -0.2) is 23.5 Å². The van der Waals surface area contributed by atoms with E-state index in [0.717, 1.165) is 21.9 Å². The summed E-state index contributed by atoms with van der Waals surface area (Å²) in [5.74, 6) is -1.54. The van der Waals surface area contributed by atoms with Crippen molar-refractivity contribution in [1.82, 2.24) is 5.32 Å². The van der Waals surface area contributed by atoms with Crippen molar-refractivity contribution in [1.29, 1.82) is 0 Å². The number of carbonyl (C=O) groups is 2. The Morgan fingerprint density at radius 2 is 1.70 bits per heavy atom. The summed E-state index contributed by atoms with van der Waals surface area (Å²) in [5.41, 5.74) is 3.17. The molecule has 3 aromatic rings. The van der Waals surface area contributed by atoms with Gasteiger partial charge in [-0.1, -0.05) is 54.6 Å². The number of nitrogens with one attached hydrogen (secondary N) is 2. The highest BCUT2D eigenvalue weighted by atomic mass is 16.3. The molecule has 0 aromatic heterocycles. The fourth-order valence-electron chi connectivity index (χ4n) is 2.97. The molecule has 138 valence electrons. The van der Waals surface area contributed by atoms with Gasteiger partial charge in [0, 0.05) is 12.2 Å². The first-order chi connectivity index (χ1) is 13.0. The van der Waals surface area contributed by atoms with Crippen molar-refractivity contribution < 1.29 is 14.7 Å². The fourth-order valence-corrected chi connectivity index (χ4v) is 2.97. The summed E-state index contributed by atoms with van der Waals surface area (Å²) in [7, 11) is 0. The average molecular weight is 362 g/mol. The van der Waals surface area contributed by atoms with Crippen LogP contribution in [0.1, 0.15) is 22.8 Å². The summed E-state index contributed by atoms with van der Waals surface area (Å²) in [6.45, 7) is 3.72. The number of anilines is 1. The van der Waals surface area contributed by atoms with E-state index in [4.69, 9.17) is 0 Å². The number of hydrogen-bond donors (Lipinski definition) is 3. The van der Waals surface area contributed by atoms with E-state index in [2.05, 4.69) is 10.6 Å². The summed E-state index contributed by atoms with van der Waals surface area (Å²) in [6.07, 6.45) is -0.909. The van der Waals surface area contributed by atoms with Gasteiger partial charge in [-0.3, -0.25) is 9.59 Å². The van der Waals surface area contributed by atoms with Crippen LogP contribution in [0, 0.1) is 13.8 Å². The molecular weight excluding hydrogens is 340 g/mol. The van der Waals surface area contributed by atoms with Crippen molar-refractivity contribution in [3.63, 3.8) is 0 Å². The van der Waals surface area contributed by atoms with Crippen molar-refractivity contribution in [2.45, 2.75) is 20.0 Å². The van der Waals surface area contributed by atoms with E-state index in [9.17, 15) is 14.7 Å². The molecule has 0 saturated heterocycles. The van der Waals surface area contributed by atoms with Gasteiger partial charge in [-0.25, -0.2) is 0 Å². The first kappa shape index (κ1) is 18.6. The summed E-state index contributed by atoms with van der Waals surface area (Å²) >= 11 is 0. The van der Waals surface area contributed by atoms with Gasteiger partial charge in [-0.05, 0) is 47.4 Å². The fraction of sp³-hybridized carbons (Fsp3) is 0.182. The molecule has 0 bridgehead atoms. The topological polar surface area (TPSA) is 78.4 Å². The normalized spacial score (nSPS) is 11.8. The van der Waals surface area contributed by atoms with Crippen LogP contribution in [0.2, 0.25) is 0 Å². The summed E-state index contributed by atoms with van der Waals surface area (Å²) in [6, 6.07) is 19.0. The molecule has 0 fully saturated rings. The number of aliphatic hydroxyl groups is 1. The Morgan fingerprint density at radius 1 is 0.963 bits per heavy atom. The monoisotopic (exact) mass is 362 g/mol. The van der Waals surface area contributed by atoms with E-state index in [1.807, 2.05) is 74.5 Å². The minimum atomic E-state index is -0.909. The highest BCUT2D eigenvalue weighted by Gasteiger charge is 2.17. The zero-order valence-corrected chi connectivity index (χ0v) is 15.3. The number of hydrogen-bond acceptors (Lipinski definition) is 3. The molecule has 5 nitrogen and oxygen atoms in total. The van der Waals surface area contributed by atoms with Crippen molar-refractivity contribution >= 4 is 28.3 Å². The summed E-state index contributed by atoms with van der Waals surface area (Å²) < 4.78 is 0. The predicted molar refractivity (Wildman–Crippen MR) is 106 cm³/mol. The smallest absolute Gasteiger partial charge is 0.313 e. The van der Waals surface area contributed by atoms with Crippen LogP contribution in [0.5, 0.6) is 0 Å². The number of carbonyl (C=O) groups excluding carboxylic acids is 2. The van der Waals surface area contributed by atoms with Gasteiger partial charge in [-0.2, -0.15) is 0 Å². The van der Waals surface area contributed by atoms with Crippen molar-refractivity contribution in [2.24, 2.45) is 0 Å². The molecule has 2 amide bonds. The summed E-state index contributed by atoms with van der Waals surface area (Å²) in [4.78, 5) is 24.2. The highest BCUT2D eigenvalue weighted by molar-refractivity contribution is 6.39. The maximum atomic E-state index is 12.1. The minimum absolute atomic E-state index is 0.0486. The van der Waals surface area contributed by atoms with Gasteiger partial charge in [0.15, 0.2) is 0 Å². The summed E-state index contributed by atoms with van der Waals surface area (Å²) in [5, 5.41) is 17.5. The van der Waals surface area contributed by atoms with E-state index >= 15 is 0 Å². The first-order valence-electron chi connectivity index (χ1n) is 8.78. The minimum Gasteiger partial charge on any atom is -0.387 e. The van der Waals surface area contributed by atoms with Gasteiger partial charge < -0.3 is 15.7 Å². The molecular formula is C22H22N2O3. The Balaban J connectivity index is 1.64. The SMILES string of the molecule is Cc1ccc(C)c(NC(=O)C(=O)NCC(O)c2cccc3ccccc23)c1. The predicted octanol–water partition coefficient (Wildman–Crippen LogP) is 3.24. The van der Waals surface area contributed by atoms with E-state index in [0.29, 0.717) is 11.3 Å². The Bertz CT molecular complexity index is 993. The molecule has 1 atom stereocenters. The van der Waals surface area contributed by atoms with E-state index in [1.165, 1.54) is 0 Å². The van der Waals surface area contributed by atoms with Crippen molar-refractivity contribution in [3.8, 4) is 0 Å². The molecule has 0 saturated carbocycles. The largest absolute Gasteiger partial charge is 0.387 e. The third-order valence-electron chi connectivity index (χ3n) is 4.49. The van der Waals surface area contributed by atoms with Crippen LogP contribution in [0.3, 0.4) is 0 Å². The molecule has 1 unspecified atom stereocenters. The maximum absolute atomic E-state index is 12.1. The molecule has 3 rings (SSSR count). The van der Waals surface area contributed by atoms with Gasteiger partial charge in [0.25, 0.3) is 0 Å². The molecule has 0 radical (unpaired) electrons. The van der Waals surface area contributed by atoms with E-state index in [-0.39, 0.29) is 6.54 Å². The number of rotatable bonds is 4. The van der Waals surface area contributed by atoms with Gasteiger partial charge in [-0.15, -0.1) is 0 Å². The van der Waals surface area contributed by atoms with Gasteiger partial charge in [0.2, 0.25) is 0 Å². The number of amides is 2. The molecule has 0 heterocycles. The Morgan fingerprint density at radius 3 is 2.52 bits per heavy atom. The second-order valence-corrected chi connectivity index (χ2v) is 6.57. The lowest BCUT2D eigenvalue weighted by Gasteiger charge is -2.15. The third kappa shape index (κ3) is 4.33. The molecule has 3 N–H and O–H groups in total. The Hall–Kier alpha value is -3.18. The van der Waals surface area contributed by atoms with Crippen LogP contribution in [0.4, 0.5) is 5.69 Å². The second kappa shape index (κ2) is 8.01. The lowest BCUT2D eigenvalue weighted by Crippen LogP contribution is -2.37. The lowest BCUT2D eigenvalue weighted by atomic mass is 10.0. The Kier molecular flexibility index (Phi) is 5.52. The third-order valence-corrected chi connectivity index (χ3v) is 4.49. The zero-order valence-electron chi connectivity index (χ0n) is 15.3. The van der Waals surface area contributed by atoms with Crippen LogP contribution >= 0.6 is 0 Å². The number of fused-ring (bicyclic) bond motifs is 1. The van der Waals surface area contributed by atoms with E-state index in [1.54, 1.807) is 0 Å². The standard InChI is InChI=1S/C22H22N2O3/c1-14-10-11-15(2)19(12-14)24-22(27)21(26)23-13-20(25)18-9-5-7-16-6-3-4-8-17(16)18/h3-12,20,25H,13H2,1-2H3,(H,23,26)(H,24,27). The molecule has 3 aromatic carbocycles. The number of benzene rings is 3. The highest BCUT2D eigenvalue weighted by Crippen LogP contribution is 2.23. The molecule has 0 aliphatic heterocycles. The van der Waals surface area contributed by atoms with Gasteiger partial charge in [0.1, 0.15) is 0 Å². The Labute approximate surface area is 158 Å². The van der Waals surface area contributed by atoms with Crippen LogP contribution in [0.15, 0.2) is 60.7 Å². The van der Waals surface area contributed by atoms with Gasteiger partial charge in [0.05, 0.1) is 6.10 Å². The van der Waals surface area contributed by atoms with Crippen LogP contribution in [0.25, 0.3) is 10.8 Å².